The van der Waals surface area contributed by atoms with Gasteiger partial charge in [-0.15, -0.1) is 0 Å². The van der Waals surface area contributed by atoms with Crippen LogP contribution in [0.1, 0.15) is 50.9 Å². The fourth-order valence-electron chi connectivity index (χ4n) is 2.05. The predicted octanol–water partition coefficient (Wildman–Crippen LogP) is 2.24. The van der Waals surface area contributed by atoms with Crippen LogP contribution in [0.5, 0.6) is 0 Å². The SMILES string of the molecule is CC(C)(C)c1cnc(C2CCNCC2)cn1. The van der Waals surface area contributed by atoms with E-state index < -0.39 is 0 Å². The Labute approximate surface area is 97.7 Å². The van der Waals surface area contributed by atoms with Crippen LogP contribution in [-0.4, -0.2) is 23.1 Å². The van der Waals surface area contributed by atoms with Gasteiger partial charge in [-0.3, -0.25) is 9.97 Å². The number of piperidine rings is 1. The lowest BCUT2D eigenvalue weighted by atomic mass is 9.91. The van der Waals surface area contributed by atoms with Gasteiger partial charge in [0, 0.05) is 23.7 Å². The molecule has 0 bridgehead atoms. The maximum atomic E-state index is 4.58. The second-order valence-electron chi connectivity index (χ2n) is 5.60. The van der Waals surface area contributed by atoms with Crippen molar-refractivity contribution in [2.75, 3.05) is 13.1 Å². The van der Waals surface area contributed by atoms with Gasteiger partial charge < -0.3 is 5.32 Å². The van der Waals surface area contributed by atoms with Crippen LogP contribution in [-0.2, 0) is 5.41 Å². The predicted molar refractivity (Wildman–Crippen MR) is 65.6 cm³/mol. The molecule has 0 aromatic carbocycles. The van der Waals surface area contributed by atoms with Crippen molar-refractivity contribution in [3.8, 4) is 0 Å². The molecule has 0 atom stereocenters. The molecule has 1 saturated heterocycles. The van der Waals surface area contributed by atoms with Crippen molar-refractivity contribution in [1.82, 2.24) is 15.3 Å². The molecule has 3 heteroatoms. The molecule has 0 spiro atoms. The van der Waals surface area contributed by atoms with Crippen LogP contribution in [0.25, 0.3) is 0 Å². The largest absolute Gasteiger partial charge is 0.317 e. The number of nitrogens with one attached hydrogen (secondary N) is 1. The average Bonchev–Trinajstić information content (AvgIpc) is 2.29. The quantitative estimate of drug-likeness (QED) is 0.787. The van der Waals surface area contributed by atoms with Gasteiger partial charge in [0.2, 0.25) is 0 Å². The Morgan fingerprint density at radius 3 is 2.31 bits per heavy atom. The average molecular weight is 219 g/mol. The van der Waals surface area contributed by atoms with Gasteiger partial charge >= 0.3 is 0 Å². The summed E-state index contributed by atoms with van der Waals surface area (Å²) in [7, 11) is 0. The molecule has 0 saturated carbocycles. The topological polar surface area (TPSA) is 37.8 Å². The summed E-state index contributed by atoms with van der Waals surface area (Å²) in [5.41, 5.74) is 2.33. The molecule has 2 rings (SSSR count). The van der Waals surface area contributed by atoms with E-state index in [9.17, 15) is 0 Å². The van der Waals surface area contributed by atoms with Crippen LogP contribution >= 0.6 is 0 Å². The Hall–Kier alpha value is -0.960. The van der Waals surface area contributed by atoms with Crippen molar-refractivity contribution in [1.29, 1.82) is 0 Å². The summed E-state index contributed by atoms with van der Waals surface area (Å²) >= 11 is 0. The minimum absolute atomic E-state index is 0.0969. The van der Waals surface area contributed by atoms with E-state index >= 15 is 0 Å². The van der Waals surface area contributed by atoms with E-state index in [4.69, 9.17) is 0 Å². The molecule has 2 heterocycles. The first kappa shape index (κ1) is 11.5. The van der Waals surface area contributed by atoms with E-state index in [1.807, 2.05) is 12.4 Å². The van der Waals surface area contributed by atoms with Gasteiger partial charge in [0.05, 0.1) is 11.4 Å². The molecule has 1 aliphatic heterocycles. The van der Waals surface area contributed by atoms with Crippen molar-refractivity contribution >= 4 is 0 Å². The maximum absolute atomic E-state index is 4.58. The lowest BCUT2D eigenvalue weighted by Crippen LogP contribution is -2.27. The summed E-state index contributed by atoms with van der Waals surface area (Å²) in [6, 6.07) is 0. The minimum Gasteiger partial charge on any atom is -0.317 e. The zero-order valence-electron chi connectivity index (χ0n) is 10.5. The molecule has 0 aliphatic carbocycles. The highest BCUT2D eigenvalue weighted by molar-refractivity contribution is 5.13. The lowest BCUT2D eigenvalue weighted by molar-refractivity contribution is 0.450. The zero-order valence-corrected chi connectivity index (χ0v) is 10.5. The molecule has 0 unspecified atom stereocenters. The summed E-state index contributed by atoms with van der Waals surface area (Å²) in [5.74, 6) is 0.600. The lowest BCUT2D eigenvalue weighted by Gasteiger charge is -2.23. The molecule has 1 aliphatic rings. The third-order valence-corrected chi connectivity index (χ3v) is 3.20. The van der Waals surface area contributed by atoms with E-state index in [2.05, 4.69) is 36.1 Å². The molecule has 0 radical (unpaired) electrons. The summed E-state index contributed by atoms with van der Waals surface area (Å²) in [6.07, 6.45) is 6.28. The first-order valence-corrected chi connectivity index (χ1v) is 6.10. The third-order valence-electron chi connectivity index (χ3n) is 3.20. The van der Waals surface area contributed by atoms with Gasteiger partial charge in [-0.25, -0.2) is 0 Å². The number of nitrogens with zero attached hydrogens (tertiary/aromatic N) is 2. The van der Waals surface area contributed by atoms with E-state index in [1.54, 1.807) is 0 Å². The van der Waals surface area contributed by atoms with E-state index in [-0.39, 0.29) is 5.41 Å². The molecule has 88 valence electrons. The van der Waals surface area contributed by atoms with Crippen molar-refractivity contribution in [2.45, 2.75) is 44.9 Å². The van der Waals surface area contributed by atoms with Gasteiger partial charge in [0.1, 0.15) is 0 Å². The van der Waals surface area contributed by atoms with Crippen LogP contribution in [0.15, 0.2) is 12.4 Å². The van der Waals surface area contributed by atoms with Gasteiger partial charge in [-0.1, -0.05) is 20.8 Å². The Bertz CT molecular complexity index is 331. The fraction of sp³-hybridized carbons (Fsp3) is 0.692. The Kier molecular flexibility index (Phi) is 3.24. The number of hydrogen-bond donors (Lipinski definition) is 1. The normalized spacial score (nSPS) is 18.7. The standard InChI is InChI=1S/C13H21N3/c1-13(2,3)12-9-15-11(8-16-12)10-4-6-14-7-5-10/h8-10,14H,4-7H2,1-3H3. The first-order chi connectivity index (χ1) is 7.57. The molecule has 1 N–H and O–H groups in total. The summed E-state index contributed by atoms with van der Waals surface area (Å²) in [6.45, 7) is 8.71. The molecule has 3 nitrogen and oxygen atoms in total. The van der Waals surface area contributed by atoms with E-state index in [0.717, 1.165) is 24.5 Å². The van der Waals surface area contributed by atoms with Crippen molar-refractivity contribution < 1.29 is 0 Å². The van der Waals surface area contributed by atoms with Gasteiger partial charge in [-0.2, -0.15) is 0 Å². The Balaban J connectivity index is 2.12. The fourth-order valence-corrected chi connectivity index (χ4v) is 2.05. The second kappa shape index (κ2) is 4.50. The first-order valence-electron chi connectivity index (χ1n) is 6.10. The van der Waals surface area contributed by atoms with Gasteiger partial charge in [-0.05, 0) is 25.9 Å². The molecular formula is C13H21N3. The Morgan fingerprint density at radius 1 is 1.12 bits per heavy atom. The van der Waals surface area contributed by atoms with E-state index in [0.29, 0.717) is 5.92 Å². The maximum Gasteiger partial charge on any atom is 0.0640 e. The highest BCUT2D eigenvalue weighted by Crippen LogP contribution is 2.24. The van der Waals surface area contributed by atoms with E-state index in [1.165, 1.54) is 12.8 Å². The van der Waals surface area contributed by atoms with Crippen molar-refractivity contribution in [3.05, 3.63) is 23.8 Å². The second-order valence-corrected chi connectivity index (χ2v) is 5.60. The molecule has 16 heavy (non-hydrogen) atoms. The van der Waals surface area contributed by atoms with Crippen LogP contribution < -0.4 is 5.32 Å². The Morgan fingerprint density at radius 2 is 1.81 bits per heavy atom. The highest BCUT2D eigenvalue weighted by atomic mass is 14.9. The molecule has 1 aromatic rings. The summed E-state index contributed by atoms with van der Waals surface area (Å²) in [4.78, 5) is 9.12. The van der Waals surface area contributed by atoms with Crippen LogP contribution in [0.3, 0.4) is 0 Å². The highest BCUT2D eigenvalue weighted by Gasteiger charge is 2.19. The molecule has 0 amide bonds. The monoisotopic (exact) mass is 219 g/mol. The van der Waals surface area contributed by atoms with Crippen LogP contribution in [0.2, 0.25) is 0 Å². The summed E-state index contributed by atoms with van der Waals surface area (Å²) in [5, 5.41) is 3.37. The number of rotatable bonds is 1. The molecule has 1 aromatic heterocycles. The summed E-state index contributed by atoms with van der Waals surface area (Å²) < 4.78 is 0. The zero-order chi connectivity index (χ0) is 11.6. The third kappa shape index (κ3) is 2.59. The van der Waals surface area contributed by atoms with Crippen molar-refractivity contribution in [2.24, 2.45) is 0 Å². The van der Waals surface area contributed by atoms with Crippen LogP contribution in [0.4, 0.5) is 0 Å². The van der Waals surface area contributed by atoms with Crippen molar-refractivity contribution in [3.63, 3.8) is 0 Å². The number of hydrogen-bond acceptors (Lipinski definition) is 3. The molecule has 1 fully saturated rings. The number of aromatic nitrogens is 2. The van der Waals surface area contributed by atoms with Crippen LogP contribution in [0, 0.1) is 0 Å². The molecular weight excluding hydrogens is 198 g/mol. The smallest absolute Gasteiger partial charge is 0.0640 e. The van der Waals surface area contributed by atoms with Gasteiger partial charge in [0.15, 0.2) is 0 Å². The van der Waals surface area contributed by atoms with Gasteiger partial charge in [0.25, 0.3) is 0 Å². The minimum atomic E-state index is 0.0969.